The number of hydrogen-bond acceptors (Lipinski definition) is 5. The van der Waals surface area contributed by atoms with Crippen molar-refractivity contribution in [2.45, 2.75) is 0 Å². The second kappa shape index (κ2) is 4.78. The number of nitrogens with zero attached hydrogens (tertiary/aromatic N) is 4. The second-order valence-corrected chi connectivity index (χ2v) is 4.16. The van der Waals surface area contributed by atoms with Crippen molar-refractivity contribution in [3.63, 3.8) is 0 Å². The molecule has 0 amide bonds. The van der Waals surface area contributed by atoms with Crippen molar-refractivity contribution in [3.8, 4) is 17.4 Å². The molecule has 19 heavy (non-hydrogen) atoms. The molecule has 94 valence electrons. The van der Waals surface area contributed by atoms with Crippen LogP contribution in [-0.2, 0) is 0 Å². The van der Waals surface area contributed by atoms with Gasteiger partial charge in [0.25, 0.3) is 0 Å². The number of methoxy groups -OCH3 is 1. The van der Waals surface area contributed by atoms with Gasteiger partial charge in [-0.25, -0.2) is 0 Å². The van der Waals surface area contributed by atoms with E-state index in [1.165, 1.54) is 7.11 Å². The van der Waals surface area contributed by atoms with Crippen molar-refractivity contribution < 1.29 is 4.74 Å². The third kappa shape index (κ3) is 2.20. The number of pyridine rings is 1. The molecule has 0 fully saturated rings. The Hall–Kier alpha value is -2.27. The summed E-state index contributed by atoms with van der Waals surface area (Å²) in [6.45, 7) is 0. The minimum atomic E-state index is 0.0924. The average Bonchev–Trinajstić information content (AvgIpc) is 2.46. The van der Waals surface area contributed by atoms with E-state index in [4.69, 9.17) is 16.3 Å². The van der Waals surface area contributed by atoms with Crippen LogP contribution >= 0.6 is 11.6 Å². The van der Waals surface area contributed by atoms with E-state index in [1.807, 2.05) is 24.3 Å². The van der Waals surface area contributed by atoms with Crippen molar-refractivity contribution >= 4 is 22.4 Å². The highest BCUT2D eigenvalue weighted by Crippen LogP contribution is 2.26. The Morgan fingerprint density at radius 3 is 2.74 bits per heavy atom. The van der Waals surface area contributed by atoms with Gasteiger partial charge in [0.05, 0.1) is 7.11 Å². The van der Waals surface area contributed by atoms with Gasteiger partial charge in [0, 0.05) is 23.3 Å². The van der Waals surface area contributed by atoms with E-state index in [1.54, 1.807) is 12.4 Å². The van der Waals surface area contributed by atoms with Crippen LogP contribution in [0, 0.1) is 0 Å². The van der Waals surface area contributed by atoms with Crippen LogP contribution < -0.4 is 4.74 Å². The van der Waals surface area contributed by atoms with Gasteiger partial charge in [-0.3, -0.25) is 4.98 Å². The van der Waals surface area contributed by atoms with Crippen molar-refractivity contribution in [1.82, 2.24) is 19.9 Å². The van der Waals surface area contributed by atoms with Crippen molar-refractivity contribution in [3.05, 3.63) is 41.9 Å². The zero-order valence-corrected chi connectivity index (χ0v) is 10.8. The number of ether oxygens (including phenoxy) is 1. The maximum absolute atomic E-state index is 5.87. The summed E-state index contributed by atoms with van der Waals surface area (Å²) in [5.74, 6) is 0.446. The van der Waals surface area contributed by atoms with Gasteiger partial charge in [0.2, 0.25) is 5.28 Å². The first-order valence-electron chi connectivity index (χ1n) is 5.56. The summed E-state index contributed by atoms with van der Waals surface area (Å²) in [6, 6.07) is 8.05. The van der Waals surface area contributed by atoms with E-state index in [-0.39, 0.29) is 11.3 Å². The molecule has 0 bridgehead atoms. The first-order chi connectivity index (χ1) is 9.28. The lowest BCUT2D eigenvalue weighted by Gasteiger charge is -2.06. The highest BCUT2D eigenvalue weighted by Gasteiger charge is 2.10. The topological polar surface area (TPSA) is 60.8 Å². The lowest BCUT2D eigenvalue weighted by molar-refractivity contribution is 0.379. The van der Waals surface area contributed by atoms with Gasteiger partial charge in [0.1, 0.15) is 0 Å². The standard InChI is InChI=1S/C13H9ClN4O/c1-19-13-17-11(16-12(14)18-13)10-7-15-6-8-4-2-3-5-9(8)10/h2-7H,1H3. The zero-order valence-electron chi connectivity index (χ0n) is 10.0. The average molecular weight is 273 g/mol. The summed E-state index contributed by atoms with van der Waals surface area (Å²) < 4.78 is 5.00. The van der Waals surface area contributed by atoms with Gasteiger partial charge in [-0.15, -0.1) is 0 Å². The number of halogens is 1. The van der Waals surface area contributed by atoms with E-state index in [2.05, 4.69) is 19.9 Å². The van der Waals surface area contributed by atoms with Gasteiger partial charge < -0.3 is 4.74 Å². The van der Waals surface area contributed by atoms with Crippen LogP contribution in [0.1, 0.15) is 0 Å². The number of hydrogen-bond donors (Lipinski definition) is 0. The van der Waals surface area contributed by atoms with Crippen molar-refractivity contribution in [2.24, 2.45) is 0 Å². The fourth-order valence-corrected chi connectivity index (χ4v) is 1.99. The molecule has 0 unspecified atom stereocenters. The molecule has 0 saturated carbocycles. The van der Waals surface area contributed by atoms with Gasteiger partial charge >= 0.3 is 6.01 Å². The molecule has 0 atom stereocenters. The minimum absolute atomic E-state index is 0.0924. The summed E-state index contributed by atoms with van der Waals surface area (Å²) in [5.41, 5.74) is 0.792. The Morgan fingerprint density at radius 1 is 1.05 bits per heavy atom. The Labute approximate surface area is 114 Å². The molecule has 5 nitrogen and oxygen atoms in total. The molecule has 0 radical (unpaired) electrons. The maximum Gasteiger partial charge on any atom is 0.321 e. The van der Waals surface area contributed by atoms with Crippen LogP contribution in [0.15, 0.2) is 36.7 Å². The Morgan fingerprint density at radius 2 is 1.89 bits per heavy atom. The number of rotatable bonds is 2. The molecule has 0 aliphatic heterocycles. The van der Waals surface area contributed by atoms with E-state index in [9.17, 15) is 0 Å². The summed E-state index contributed by atoms with van der Waals surface area (Å²) >= 11 is 5.87. The van der Waals surface area contributed by atoms with Gasteiger partial charge in [-0.2, -0.15) is 15.0 Å². The van der Waals surface area contributed by atoms with Crippen LogP contribution in [0.2, 0.25) is 5.28 Å². The zero-order chi connectivity index (χ0) is 13.2. The molecule has 0 spiro atoms. The first-order valence-corrected chi connectivity index (χ1v) is 5.94. The largest absolute Gasteiger partial charge is 0.467 e. The van der Waals surface area contributed by atoms with Crippen LogP contribution in [-0.4, -0.2) is 27.0 Å². The predicted octanol–water partition coefficient (Wildman–Crippen LogP) is 2.75. The van der Waals surface area contributed by atoms with E-state index >= 15 is 0 Å². The van der Waals surface area contributed by atoms with Crippen LogP contribution in [0.5, 0.6) is 6.01 Å². The molecule has 0 saturated heterocycles. The highest BCUT2D eigenvalue weighted by molar-refractivity contribution is 6.28. The van der Waals surface area contributed by atoms with Gasteiger partial charge in [-0.05, 0) is 17.0 Å². The molecule has 3 rings (SSSR count). The fraction of sp³-hybridized carbons (Fsp3) is 0.0769. The van der Waals surface area contributed by atoms with Crippen LogP contribution in [0.25, 0.3) is 22.2 Å². The SMILES string of the molecule is COc1nc(Cl)nc(-c2cncc3ccccc23)n1. The monoisotopic (exact) mass is 272 g/mol. The summed E-state index contributed by atoms with van der Waals surface area (Å²) in [6.07, 6.45) is 3.49. The predicted molar refractivity (Wildman–Crippen MR) is 72.1 cm³/mol. The fourth-order valence-electron chi connectivity index (χ4n) is 1.84. The smallest absolute Gasteiger partial charge is 0.321 e. The van der Waals surface area contributed by atoms with Crippen LogP contribution in [0.4, 0.5) is 0 Å². The molecule has 1 aromatic carbocycles. The number of aromatic nitrogens is 4. The maximum atomic E-state index is 5.87. The summed E-state index contributed by atoms with van der Waals surface area (Å²) in [7, 11) is 1.48. The highest BCUT2D eigenvalue weighted by atomic mass is 35.5. The molecule has 6 heteroatoms. The molecule has 2 heterocycles. The quantitative estimate of drug-likeness (QED) is 0.718. The number of fused-ring (bicyclic) bond motifs is 1. The third-order valence-electron chi connectivity index (χ3n) is 2.68. The molecule has 0 aliphatic carbocycles. The van der Waals surface area contributed by atoms with E-state index < -0.39 is 0 Å². The first kappa shape index (κ1) is 11.8. The van der Waals surface area contributed by atoms with Crippen molar-refractivity contribution in [1.29, 1.82) is 0 Å². The molecule has 3 aromatic rings. The Bertz CT molecular complexity index is 742. The molecular formula is C13H9ClN4O. The lowest BCUT2D eigenvalue weighted by Crippen LogP contribution is -1.98. The van der Waals surface area contributed by atoms with Crippen molar-refractivity contribution in [2.75, 3.05) is 7.11 Å². The normalized spacial score (nSPS) is 10.6. The van der Waals surface area contributed by atoms with Crippen LogP contribution in [0.3, 0.4) is 0 Å². The summed E-state index contributed by atoms with van der Waals surface area (Å²) in [4.78, 5) is 16.4. The molecule has 0 N–H and O–H groups in total. The van der Waals surface area contributed by atoms with E-state index in [0.717, 1.165) is 16.3 Å². The van der Waals surface area contributed by atoms with Gasteiger partial charge in [-0.1, -0.05) is 24.3 Å². The second-order valence-electron chi connectivity index (χ2n) is 3.82. The molecular weight excluding hydrogens is 264 g/mol. The summed E-state index contributed by atoms with van der Waals surface area (Å²) in [5, 5.41) is 2.10. The van der Waals surface area contributed by atoms with E-state index in [0.29, 0.717) is 5.82 Å². The minimum Gasteiger partial charge on any atom is -0.467 e. The van der Waals surface area contributed by atoms with Gasteiger partial charge in [0.15, 0.2) is 5.82 Å². The Kier molecular flexibility index (Phi) is 2.97. The lowest BCUT2D eigenvalue weighted by atomic mass is 10.1. The number of benzene rings is 1. The Balaban J connectivity index is 2.27. The molecule has 2 aromatic heterocycles. The third-order valence-corrected chi connectivity index (χ3v) is 2.85. The molecule has 0 aliphatic rings.